The summed E-state index contributed by atoms with van der Waals surface area (Å²) in [6.07, 6.45) is 0.512. The van der Waals surface area contributed by atoms with Gasteiger partial charge in [-0.1, -0.05) is 30.3 Å². The lowest BCUT2D eigenvalue weighted by molar-refractivity contribution is 0.0417. The van der Waals surface area contributed by atoms with Crippen molar-refractivity contribution in [3.8, 4) is 0 Å². The highest BCUT2D eigenvalue weighted by atomic mass is 19.1. The van der Waals surface area contributed by atoms with Gasteiger partial charge in [-0.05, 0) is 17.7 Å². The molecule has 1 fully saturated rings. The minimum atomic E-state index is -1.40. The highest BCUT2D eigenvalue weighted by molar-refractivity contribution is 5.94. The van der Waals surface area contributed by atoms with Crippen LogP contribution in [0.3, 0.4) is 0 Å². The Morgan fingerprint density at radius 3 is 2.52 bits per heavy atom. The third-order valence-corrected chi connectivity index (χ3v) is 4.73. The molecule has 128 valence electrons. The monoisotopic (exact) mass is 340 g/mol. The number of hydrogen-bond acceptors (Lipinski definition) is 3. The summed E-state index contributed by atoms with van der Waals surface area (Å²) in [6, 6.07) is 12.3. The van der Waals surface area contributed by atoms with Crippen LogP contribution in [0.15, 0.2) is 47.3 Å². The van der Waals surface area contributed by atoms with Crippen LogP contribution >= 0.6 is 0 Å². The molecule has 1 saturated heterocycles. The van der Waals surface area contributed by atoms with Crippen molar-refractivity contribution in [2.45, 2.75) is 18.5 Å². The molecular formula is C18H17FN4O2. The standard InChI is InChI=1S/C18H17FN4O2/c19-18(12-4-2-1-3-5-12)8-10-23(11-9-18)16(24)14-7-6-13-15(20-14)22-17(25)21-13/h1-7H,8-11H2,(H2,20,21,22,25). The lowest BCUT2D eigenvalue weighted by atomic mass is 9.86. The molecule has 25 heavy (non-hydrogen) atoms. The number of aromatic amines is 2. The van der Waals surface area contributed by atoms with E-state index in [1.807, 2.05) is 18.2 Å². The number of nitrogens with one attached hydrogen (secondary N) is 2. The summed E-state index contributed by atoms with van der Waals surface area (Å²) in [4.78, 5) is 34.9. The van der Waals surface area contributed by atoms with Gasteiger partial charge in [-0.15, -0.1) is 0 Å². The number of halogens is 1. The Kier molecular flexibility index (Phi) is 3.63. The summed E-state index contributed by atoms with van der Waals surface area (Å²) in [5.74, 6) is -0.251. The predicted octanol–water partition coefficient (Wildman–Crippen LogP) is 2.35. The molecule has 1 amide bonds. The second-order valence-corrected chi connectivity index (χ2v) is 6.30. The SMILES string of the molecule is O=C(c1ccc2[nH]c(=O)[nH]c2n1)N1CCC(F)(c2ccccc2)CC1. The van der Waals surface area contributed by atoms with Crippen molar-refractivity contribution in [3.05, 3.63) is 64.2 Å². The first-order valence-electron chi connectivity index (χ1n) is 8.18. The first-order valence-corrected chi connectivity index (χ1v) is 8.18. The molecule has 0 radical (unpaired) electrons. The number of carbonyl (C=O) groups is 1. The van der Waals surface area contributed by atoms with Crippen molar-refractivity contribution >= 4 is 17.1 Å². The number of aromatic nitrogens is 3. The molecule has 0 spiro atoms. The Bertz CT molecular complexity index is 971. The fraction of sp³-hybridized carbons (Fsp3) is 0.278. The first-order chi connectivity index (χ1) is 12.0. The zero-order valence-corrected chi connectivity index (χ0v) is 13.5. The van der Waals surface area contributed by atoms with Crippen molar-refractivity contribution in [1.82, 2.24) is 19.9 Å². The van der Waals surface area contributed by atoms with Crippen LogP contribution in [0.5, 0.6) is 0 Å². The number of H-pyrrole nitrogens is 2. The van der Waals surface area contributed by atoms with Crippen molar-refractivity contribution in [1.29, 1.82) is 0 Å². The van der Waals surface area contributed by atoms with E-state index in [1.54, 1.807) is 29.2 Å². The van der Waals surface area contributed by atoms with Gasteiger partial charge in [0, 0.05) is 25.9 Å². The molecule has 7 heteroatoms. The number of rotatable bonds is 2. The maximum atomic E-state index is 15.2. The normalized spacial score (nSPS) is 16.9. The average molecular weight is 340 g/mol. The largest absolute Gasteiger partial charge is 0.337 e. The maximum absolute atomic E-state index is 15.2. The van der Waals surface area contributed by atoms with E-state index >= 15 is 4.39 Å². The van der Waals surface area contributed by atoms with E-state index in [9.17, 15) is 9.59 Å². The molecule has 2 N–H and O–H groups in total. The molecular weight excluding hydrogens is 323 g/mol. The van der Waals surface area contributed by atoms with Gasteiger partial charge in [-0.25, -0.2) is 14.2 Å². The van der Waals surface area contributed by atoms with Crippen LogP contribution in [-0.4, -0.2) is 38.8 Å². The smallest absolute Gasteiger partial charge is 0.325 e. The van der Waals surface area contributed by atoms with E-state index in [2.05, 4.69) is 15.0 Å². The Morgan fingerprint density at radius 2 is 1.80 bits per heavy atom. The number of benzene rings is 1. The molecule has 1 aliphatic rings. The van der Waals surface area contributed by atoms with Crippen LogP contribution in [0.25, 0.3) is 11.2 Å². The second-order valence-electron chi connectivity index (χ2n) is 6.30. The lowest BCUT2D eigenvalue weighted by Gasteiger charge is -2.36. The summed E-state index contributed by atoms with van der Waals surface area (Å²) in [5, 5.41) is 0. The highest BCUT2D eigenvalue weighted by Gasteiger charge is 2.37. The number of imidazole rings is 1. The zero-order valence-electron chi connectivity index (χ0n) is 13.5. The van der Waals surface area contributed by atoms with Gasteiger partial charge in [0.1, 0.15) is 11.4 Å². The second kappa shape index (κ2) is 5.84. The van der Waals surface area contributed by atoms with E-state index in [0.29, 0.717) is 29.8 Å². The lowest BCUT2D eigenvalue weighted by Crippen LogP contribution is -2.43. The molecule has 0 saturated carbocycles. The van der Waals surface area contributed by atoms with Gasteiger partial charge in [0.15, 0.2) is 5.65 Å². The van der Waals surface area contributed by atoms with Crippen molar-refractivity contribution in [2.24, 2.45) is 0 Å². The number of nitrogens with zero attached hydrogens (tertiary/aromatic N) is 2. The summed E-state index contributed by atoms with van der Waals surface area (Å²) in [7, 11) is 0. The molecule has 3 aromatic rings. The van der Waals surface area contributed by atoms with Gasteiger partial charge in [0.25, 0.3) is 5.91 Å². The summed E-state index contributed by atoms with van der Waals surface area (Å²) in [6.45, 7) is 0.654. The molecule has 2 aromatic heterocycles. The minimum Gasteiger partial charge on any atom is -0.337 e. The van der Waals surface area contributed by atoms with Crippen LogP contribution in [0, 0.1) is 0 Å². The van der Waals surface area contributed by atoms with Gasteiger partial charge >= 0.3 is 5.69 Å². The van der Waals surface area contributed by atoms with E-state index in [4.69, 9.17) is 0 Å². The van der Waals surface area contributed by atoms with Crippen LogP contribution in [0.2, 0.25) is 0 Å². The van der Waals surface area contributed by atoms with Gasteiger partial charge in [0.05, 0.1) is 5.52 Å². The van der Waals surface area contributed by atoms with Crippen LogP contribution in [0.1, 0.15) is 28.9 Å². The maximum Gasteiger partial charge on any atom is 0.325 e. The molecule has 4 rings (SSSR count). The van der Waals surface area contributed by atoms with Crippen LogP contribution < -0.4 is 5.69 Å². The van der Waals surface area contributed by atoms with Crippen LogP contribution in [-0.2, 0) is 5.67 Å². The van der Waals surface area contributed by atoms with E-state index in [0.717, 1.165) is 0 Å². The molecule has 1 aromatic carbocycles. The van der Waals surface area contributed by atoms with E-state index in [1.165, 1.54) is 0 Å². The van der Waals surface area contributed by atoms with E-state index < -0.39 is 5.67 Å². The van der Waals surface area contributed by atoms with Gasteiger partial charge < -0.3 is 9.88 Å². The third-order valence-electron chi connectivity index (χ3n) is 4.73. The molecule has 0 unspecified atom stereocenters. The zero-order chi connectivity index (χ0) is 17.4. The van der Waals surface area contributed by atoms with Crippen LogP contribution in [0.4, 0.5) is 4.39 Å². The quantitative estimate of drug-likeness (QED) is 0.751. The van der Waals surface area contributed by atoms with Crippen molar-refractivity contribution < 1.29 is 9.18 Å². The molecule has 3 heterocycles. The van der Waals surface area contributed by atoms with Gasteiger partial charge in [0.2, 0.25) is 0 Å². The number of fused-ring (bicyclic) bond motifs is 1. The summed E-state index contributed by atoms with van der Waals surface area (Å²) < 4.78 is 15.2. The predicted molar refractivity (Wildman–Crippen MR) is 91.1 cm³/mol. The molecule has 0 atom stereocenters. The molecule has 0 bridgehead atoms. The van der Waals surface area contributed by atoms with Crippen molar-refractivity contribution in [3.63, 3.8) is 0 Å². The van der Waals surface area contributed by atoms with Crippen molar-refractivity contribution in [2.75, 3.05) is 13.1 Å². The number of alkyl halides is 1. The number of amides is 1. The molecule has 1 aliphatic heterocycles. The number of likely N-dealkylation sites (tertiary alicyclic amines) is 1. The summed E-state index contributed by atoms with van der Waals surface area (Å²) in [5.41, 5.74) is 0.0286. The average Bonchev–Trinajstić information content (AvgIpc) is 3.01. The van der Waals surface area contributed by atoms with Gasteiger partial charge in [-0.2, -0.15) is 0 Å². The topological polar surface area (TPSA) is 81.8 Å². The fourth-order valence-electron chi connectivity index (χ4n) is 3.29. The Labute approximate surface area is 142 Å². The third kappa shape index (κ3) is 2.82. The first kappa shape index (κ1) is 15.6. The Balaban J connectivity index is 1.51. The number of hydrogen-bond donors (Lipinski definition) is 2. The van der Waals surface area contributed by atoms with Gasteiger partial charge in [-0.3, -0.25) is 9.78 Å². The fourth-order valence-corrected chi connectivity index (χ4v) is 3.29. The molecule has 0 aliphatic carbocycles. The summed E-state index contributed by atoms with van der Waals surface area (Å²) >= 11 is 0. The minimum absolute atomic E-state index is 0.244. The Hall–Kier alpha value is -2.96. The number of pyridine rings is 1. The Morgan fingerprint density at radius 1 is 1.08 bits per heavy atom. The number of carbonyl (C=O) groups excluding carboxylic acids is 1. The van der Waals surface area contributed by atoms with E-state index in [-0.39, 0.29) is 30.1 Å². The number of piperidine rings is 1. The highest BCUT2D eigenvalue weighted by Crippen LogP contribution is 2.37. The molecule has 6 nitrogen and oxygen atoms in total.